The highest BCUT2D eigenvalue weighted by atomic mass is 19.4. The molecule has 0 saturated carbocycles. The number of benzene rings is 1. The average Bonchev–Trinajstić information content (AvgIpc) is 2.66. The van der Waals surface area contributed by atoms with Gasteiger partial charge in [0.1, 0.15) is 0 Å². The van der Waals surface area contributed by atoms with E-state index in [2.05, 4.69) is 11.9 Å². The van der Waals surface area contributed by atoms with Gasteiger partial charge in [0.25, 0.3) is 0 Å². The number of morpholine rings is 1. The maximum Gasteiger partial charge on any atom is 0.416 e. The lowest BCUT2D eigenvalue weighted by Crippen LogP contribution is -2.39. The fraction of sp³-hybridized carbons (Fsp3) is 0.400. The van der Waals surface area contributed by atoms with Crippen molar-refractivity contribution in [1.82, 2.24) is 5.32 Å². The second-order valence-corrected chi connectivity index (χ2v) is 5.88. The molecule has 1 unspecified atom stereocenters. The van der Waals surface area contributed by atoms with Crippen molar-refractivity contribution in [3.8, 4) is 0 Å². The SMILES string of the molecule is C=C/C=C\C=C/C.FC(F)(F)c1cc(COC2CNCCO2)cc(C(F)(F)F)c1. The van der Waals surface area contributed by atoms with E-state index in [0.29, 0.717) is 31.8 Å². The average molecular weight is 423 g/mol. The predicted octanol–water partition coefficient (Wildman–Crippen LogP) is 5.49. The van der Waals surface area contributed by atoms with Crippen molar-refractivity contribution in [2.75, 3.05) is 19.7 Å². The minimum Gasteiger partial charge on any atom is -0.350 e. The Morgan fingerprint density at radius 1 is 1.07 bits per heavy atom. The van der Waals surface area contributed by atoms with Gasteiger partial charge in [-0.1, -0.05) is 37.0 Å². The van der Waals surface area contributed by atoms with E-state index in [9.17, 15) is 26.3 Å². The molecule has 1 aromatic rings. The first-order valence-electron chi connectivity index (χ1n) is 8.70. The van der Waals surface area contributed by atoms with Gasteiger partial charge in [0.2, 0.25) is 0 Å². The molecular formula is C20H23F6NO2. The smallest absolute Gasteiger partial charge is 0.350 e. The highest BCUT2D eigenvalue weighted by Crippen LogP contribution is 2.36. The molecule has 2 rings (SSSR count). The van der Waals surface area contributed by atoms with Crippen molar-refractivity contribution in [2.45, 2.75) is 32.2 Å². The molecule has 0 amide bonds. The highest BCUT2D eigenvalue weighted by Gasteiger charge is 2.36. The minimum absolute atomic E-state index is 0.0855. The van der Waals surface area contributed by atoms with Gasteiger partial charge in [0.15, 0.2) is 6.29 Å². The number of ether oxygens (including phenoxy) is 2. The zero-order valence-electron chi connectivity index (χ0n) is 15.8. The van der Waals surface area contributed by atoms with E-state index in [1.165, 1.54) is 0 Å². The molecule has 1 heterocycles. The standard InChI is InChI=1S/C13H13F6NO2.C7H10/c14-12(15,16)9-3-8(4-10(5-9)13(17,18)19)7-22-11-6-20-1-2-21-11;1-3-5-7-6-4-2/h3-5,11,20H,1-2,6-7H2;3-7H,1H2,2H3/b;6-4-,7-5-. The van der Waals surface area contributed by atoms with Crippen LogP contribution in [-0.2, 0) is 28.4 Å². The second-order valence-electron chi connectivity index (χ2n) is 5.88. The number of allylic oxidation sites excluding steroid dienone is 5. The van der Waals surface area contributed by atoms with Crippen LogP contribution in [0.25, 0.3) is 0 Å². The van der Waals surface area contributed by atoms with E-state index >= 15 is 0 Å². The number of nitrogens with one attached hydrogen (secondary N) is 1. The van der Waals surface area contributed by atoms with Crippen molar-refractivity contribution >= 4 is 0 Å². The quantitative estimate of drug-likeness (QED) is 0.502. The molecule has 1 N–H and O–H groups in total. The molecule has 1 aliphatic rings. The van der Waals surface area contributed by atoms with E-state index in [0.717, 1.165) is 0 Å². The van der Waals surface area contributed by atoms with Crippen molar-refractivity contribution in [1.29, 1.82) is 0 Å². The Kier molecular flexibility index (Phi) is 10.1. The monoisotopic (exact) mass is 423 g/mol. The van der Waals surface area contributed by atoms with Crippen LogP contribution in [0.3, 0.4) is 0 Å². The Morgan fingerprint density at radius 2 is 1.69 bits per heavy atom. The number of halogens is 6. The third-order valence-corrected chi connectivity index (χ3v) is 3.53. The molecule has 1 atom stereocenters. The Bertz CT molecular complexity index is 657. The largest absolute Gasteiger partial charge is 0.416 e. The summed E-state index contributed by atoms with van der Waals surface area (Å²) in [5, 5.41) is 2.93. The van der Waals surface area contributed by atoms with Crippen LogP contribution in [0.4, 0.5) is 26.3 Å². The molecular weight excluding hydrogens is 400 g/mol. The first kappa shape index (κ1) is 24.9. The molecule has 3 nitrogen and oxygen atoms in total. The van der Waals surface area contributed by atoms with Gasteiger partial charge in [-0.05, 0) is 30.7 Å². The zero-order chi connectivity index (χ0) is 21.9. The van der Waals surface area contributed by atoms with E-state index < -0.39 is 36.4 Å². The van der Waals surface area contributed by atoms with Crippen LogP contribution in [0.1, 0.15) is 23.6 Å². The van der Waals surface area contributed by atoms with Crippen molar-refractivity contribution < 1.29 is 35.8 Å². The lowest BCUT2D eigenvalue weighted by Gasteiger charge is -2.24. The summed E-state index contributed by atoms with van der Waals surface area (Å²) in [5.74, 6) is 0. The van der Waals surface area contributed by atoms with Crippen LogP contribution in [0, 0.1) is 0 Å². The summed E-state index contributed by atoms with van der Waals surface area (Å²) in [4.78, 5) is 0. The molecule has 162 valence electrons. The third-order valence-electron chi connectivity index (χ3n) is 3.53. The van der Waals surface area contributed by atoms with Crippen molar-refractivity contribution in [2.24, 2.45) is 0 Å². The highest BCUT2D eigenvalue weighted by molar-refractivity contribution is 5.33. The minimum atomic E-state index is -4.86. The molecule has 0 spiro atoms. The van der Waals surface area contributed by atoms with Gasteiger partial charge in [-0.15, -0.1) is 0 Å². The predicted molar refractivity (Wildman–Crippen MR) is 98.0 cm³/mol. The van der Waals surface area contributed by atoms with Gasteiger partial charge in [-0.3, -0.25) is 0 Å². The van der Waals surface area contributed by atoms with Gasteiger partial charge in [-0.2, -0.15) is 26.3 Å². The fourth-order valence-electron chi connectivity index (χ4n) is 2.19. The summed E-state index contributed by atoms with van der Waals surface area (Å²) >= 11 is 0. The van der Waals surface area contributed by atoms with E-state index in [-0.39, 0.29) is 11.6 Å². The molecule has 0 aromatic heterocycles. The molecule has 1 saturated heterocycles. The Balaban J connectivity index is 0.000000516. The van der Waals surface area contributed by atoms with Gasteiger partial charge in [0.05, 0.1) is 24.3 Å². The van der Waals surface area contributed by atoms with E-state index in [1.807, 2.05) is 31.2 Å². The molecule has 29 heavy (non-hydrogen) atoms. The van der Waals surface area contributed by atoms with Crippen LogP contribution in [-0.4, -0.2) is 26.0 Å². The van der Waals surface area contributed by atoms with Crippen molar-refractivity contribution in [3.05, 3.63) is 71.8 Å². The molecule has 1 aliphatic heterocycles. The molecule has 0 radical (unpaired) electrons. The second kappa shape index (κ2) is 11.8. The topological polar surface area (TPSA) is 30.5 Å². The first-order chi connectivity index (χ1) is 13.6. The Labute approximate surface area is 165 Å². The molecule has 0 aliphatic carbocycles. The molecule has 1 fully saturated rings. The number of hydrogen-bond acceptors (Lipinski definition) is 3. The van der Waals surface area contributed by atoms with Crippen LogP contribution in [0.15, 0.2) is 55.2 Å². The van der Waals surface area contributed by atoms with Gasteiger partial charge < -0.3 is 14.8 Å². The maximum atomic E-state index is 12.7. The lowest BCUT2D eigenvalue weighted by molar-refractivity contribution is -0.160. The summed E-state index contributed by atoms with van der Waals surface area (Å²) < 4.78 is 86.5. The first-order valence-corrected chi connectivity index (χ1v) is 8.70. The van der Waals surface area contributed by atoms with Gasteiger partial charge in [-0.25, -0.2) is 0 Å². The molecule has 1 aromatic carbocycles. The number of rotatable bonds is 5. The normalized spacial score (nSPS) is 18.0. The zero-order valence-corrected chi connectivity index (χ0v) is 15.8. The van der Waals surface area contributed by atoms with Crippen LogP contribution >= 0.6 is 0 Å². The summed E-state index contributed by atoms with van der Waals surface area (Å²) in [6.45, 7) is 6.39. The van der Waals surface area contributed by atoms with Crippen LogP contribution in [0.5, 0.6) is 0 Å². The summed E-state index contributed by atoms with van der Waals surface area (Å²) in [7, 11) is 0. The molecule has 0 bridgehead atoms. The van der Waals surface area contributed by atoms with Crippen molar-refractivity contribution in [3.63, 3.8) is 0 Å². The Hall–Kier alpha value is -2.10. The number of hydrogen-bond donors (Lipinski definition) is 1. The maximum absolute atomic E-state index is 12.7. The van der Waals surface area contributed by atoms with Crippen LogP contribution < -0.4 is 5.32 Å². The fourth-order valence-corrected chi connectivity index (χ4v) is 2.19. The molecule has 9 heteroatoms. The third kappa shape index (κ3) is 9.78. The number of alkyl halides is 6. The van der Waals surface area contributed by atoms with Gasteiger partial charge in [0, 0.05) is 13.1 Å². The summed E-state index contributed by atoms with van der Waals surface area (Å²) in [6.07, 6.45) is -0.912. The van der Waals surface area contributed by atoms with E-state index in [4.69, 9.17) is 9.47 Å². The van der Waals surface area contributed by atoms with E-state index in [1.54, 1.807) is 6.08 Å². The Morgan fingerprint density at radius 3 is 2.14 bits per heavy atom. The summed E-state index contributed by atoms with van der Waals surface area (Å²) in [6, 6.07) is 1.37. The van der Waals surface area contributed by atoms with Gasteiger partial charge >= 0.3 is 12.4 Å². The lowest BCUT2D eigenvalue weighted by atomic mass is 10.1. The van der Waals surface area contributed by atoms with Crippen LogP contribution in [0.2, 0.25) is 0 Å². The summed E-state index contributed by atoms with van der Waals surface area (Å²) in [5.41, 5.74) is -2.93.